The van der Waals surface area contributed by atoms with Crippen molar-refractivity contribution in [3.8, 4) is 33.4 Å². The first-order chi connectivity index (χ1) is 17.4. The molecule has 0 heterocycles. The molecule has 190 valence electrons. The quantitative estimate of drug-likeness (QED) is 0.111. The van der Waals surface area contributed by atoms with Gasteiger partial charge in [-0.15, -0.1) is 0 Å². The topological polar surface area (TPSA) is 17.1 Å². The number of hydrogen-bond donors (Lipinski definition) is 0. The fraction of sp³-hybridized carbons (Fsp3) is 0.0385. The molecule has 0 bridgehead atoms. The highest BCUT2D eigenvalue weighted by atomic mass is 32.2. The fourth-order valence-electron chi connectivity index (χ4n) is 3.67. The molecular formula is C26H11F9OS. The fourth-order valence-corrected chi connectivity index (χ4v) is 4.28. The molecule has 4 rings (SSSR count). The summed E-state index contributed by atoms with van der Waals surface area (Å²) in [4.78, 5) is 11.9. The van der Waals surface area contributed by atoms with E-state index in [1.54, 1.807) is 24.3 Å². The molecule has 4 aromatic carbocycles. The van der Waals surface area contributed by atoms with Crippen LogP contribution in [0.15, 0.2) is 53.4 Å². The largest absolute Gasteiger partial charge is 0.287 e. The van der Waals surface area contributed by atoms with Gasteiger partial charge in [0.15, 0.2) is 51.7 Å². The summed E-state index contributed by atoms with van der Waals surface area (Å²) in [5, 5.41) is -0.137. The molecule has 0 amide bonds. The van der Waals surface area contributed by atoms with Gasteiger partial charge < -0.3 is 0 Å². The SMILES string of the molecule is CC(=O)Sc1ccc(-c2ccc(-c3c(F)c(F)c(F)c(F)c3-c3c(F)c(F)c(F)c(F)c3F)cc2)cc1. The molecule has 0 saturated heterocycles. The van der Waals surface area contributed by atoms with E-state index in [0.717, 1.165) is 23.9 Å². The van der Waals surface area contributed by atoms with E-state index >= 15 is 0 Å². The van der Waals surface area contributed by atoms with Crippen LogP contribution in [0.25, 0.3) is 33.4 Å². The van der Waals surface area contributed by atoms with Crippen molar-refractivity contribution in [2.75, 3.05) is 0 Å². The minimum Gasteiger partial charge on any atom is -0.287 e. The van der Waals surface area contributed by atoms with E-state index in [1.807, 2.05) is 0 Å². The molecule has 1 nitrogen and oxygen atoms in total. The summed E-state index contributed by atoms with van der Waals surface area (Å²) in [5.74, 6) is -21.9. The van der Waals surface area contributed by atoms with Gasteiger partial charge in [0.25, 0.3) is 0 Å². The number of benzene rings is 4. The Bertz CT molecular complexity index is 1520. The molecule has 0 spiro atoms. The summed E-state index contributed by atoms with van der Waals surface area (Å²) < 4.78 is 128. The normalized spacial score (nSPS) is 11.2. The van der Waals surface area contributed by atoms with Gasteiger partial charge in [0.05, 0.1) is 5.56 Å². The highest BCUT2D eigenvalue weighted by Crippen LogP contribution is 2.43. The highest BCUT2D eigenvalue weighted by Gasteiger charge is 2.34. The standard InChI is InChI=1S/C26H11F9OS/c1-10(36)37-14-8-6-12(7-9-14)11-2-4-13(5-3-11)15-16(19(28)23(32)22(31)18(15)27)17-20(29)24(33)26(35)25(34)21(17)30/h2-9H,1H3. The Labute approximate surface area is 207 Å². The second-order valence-corrected chi connectivity index (χ2v) is 8.90. The Morgan fingerprint density at radius 1 is 0.459 bits per heavy atom. The van der Waals surface area contributed by atoms with Crippen LogP contribution in [0.2, 0.25) is 0 Å². The number of rotatable bonds is 4. The maximum atomic E-state index is 14.9. The van der Waals surface area contributed by atoms with Crippen LogP contribution in [-0.2, 0) is 4.79 Å². The number of carbonyl (C=O) groups is 1. The van der Waals surface area contributed by atoms with Gasteiger partial charge >= 0.3 is 0 Å². The molecule has 11 heteroatoms. The van der Waals surface area contributed by atoms with Crippen LogP contribution in [0, 0.1) is 52.4 Å². The lowest BCUT2D eigenvalue weighted by Crippen LogP contribution is -2.09. The van der Waals surface area contributed by atoms with Crippen LogP contribution < -0.4 is 0 Å². The van der Waals surface area contributed by atoms with E-state index < -0.39 is 74.6 Å². The number of carbonyl (C=O) groups excluding carboxylic acids is 1. The molecular weight excluding hydrogens is 531 g/mol. The van der Waals surface area contributed by atoms with E-state index in [1.165, 1.54) is 19.1 Å². The third-order valence-electron chi connectivity index (χ3n) is 5.35. The summed E-state index contributed by atoms with van der Waals surface area (Å²) in [6, 6.07) is 11.3. The Kier molecular flexibility index (Phi) is 7.09. The molecule has 37 heavy (non-hydrogen) atoms. The van der Waals surface area contributed by atoms with Gasteiger partial charge in [-0.05, 0) is 28.8 Å². The molecule has 0 aliphatic rings. The first-order valence-electron chi connectivity index (χ1n) is 10.2. The zero-order chi connectivity index (χ0) is 27.2. The third kappa shape index (κ3) is 4.59. The first-order valence-corrected chi connectivity index (χ1v) is 11.0. The van der Waals surface area contributed by atoms with Gasteiger partial charge in [0, 0.05) is 22.9 Å². The zero-order valence-electron chi connectivity index (χ0n) is 18.3. The summed E-state index contributed by atoms with van der Waals surface area (Å²) in [6.45, 7) is 1.39. The smallest absolute Gasteiger partial charge is 0.200 e. The third-order valence-corrected chi connectivity index (χ3v) is 6.15. The van der Waals surface area contributed by atoms with Crippen molar-refractivity contribution in [2.24, 2.45) is 0 Å². The lowest BCUT2D eigenvalue weighted by Gasteiger charge is -2.17. The molecule has 0 atom stereocenters. The molecule has 0 unspecified atom stereocenters. The lowest BCUT2D eigenvalue weighted by molar-refractivity contribution is -0.109. The van der Waals surface area contributed by atoms with Crippen LogP contribution in [0.5, 0.6) is 0 Å². The van der Waals surface area contributed by atoms with E-state index in [4.69, 9.17) is 0 Å². The van der Waals surface area contributed by atoms with Crippen molar-refractivity contribution in [1.29, 1.82) is 0 Å². The van der Waals surface area contributed by atoms with E-state index in [0.29, 0.717) is 16.0 Å². The van der Waals surface area contributed by atoms with Crippen molar-refractivity contribution in [3.05, 3.63) is 101 Å². The van der Waals surface area contributed by atoms with Crippen LogP contribution in [0.4, 0.5) is 39.5 Å². The second-order valence-electron chi connectivity index (χ2n) is 7.65. The van der Waals surface area contributed by atoms with Gasteiger partial charge in [0.2, 0.25) is 5.82 Å². The Morgan fingerprint density at radius 2 is 0.784 bits per heavy atom. The first kappa shape index (κ1) is 26.3. The predicted molar refractivity (Wildman–Crippen MR) is 119 cm³/mol. The molecule has 0 aliphatic heterocycles. The average molecular weight is 542 g/mol. The minimum atomic E-state index is -2.57. The second kappa shape index (κ2) is 9.97. The zero-order valence-corrected chi connectivity index (χ0v) is 19.2. The Hall–Kier alpha value is -3.73. The van der Waals surface area contributed by atoms with Crippen LogP contribution in [-0.4, -0.2) is 5.12 Å². The Morgan fingerprint density at radius 3 is 1.22 bits per heavy atom. The monoisotopic (exact) mass is 542 g/mol. The van der Waals surface area contributed by atoms with Gasteiger partial charge in [-0.3, -0.25) is 4.79 Å². The van der Waals surface area contributed by atoms with Gasteiger partial charge in [-0.1, -0.05) is 48.2 Å². The Balaban J connectivity index is 1.91. The highest BCUT2D eigenvalue weighted by molar-refractivity contribution is 8.13. The summed E-state index contributed by atoms with van der Waals surface area (Å²) in [7, 11) is 0. The van der Waals surface area contributed by atoms with Gasteiger partial charge in [-0.25, -0.2) is 39.5 Å². The van der Waals surface area contributed by atoms with E-state index in [2.05, 4.69) is 0 Å². The summed E-state index contributed by atoms with van der Waals surface area (Å²) >= 11 is 0.992. The molecule has 0 fully saturated rings. The van der Waals surface area contributed by atoms with Crippen LogP contribution >= 0.6 is 11.8 Å². The molecule has 0 aromatic heterocycles. The summed E-state index contributed by atoms with van der Waals surface area (Å²) in [6.07, 6.45) is 0. The van der Waals surface area contributed by atoms with E-state index in [-0.39, 0.29) is 5.12 Å². The van der Waals surface area contributed by atoms with Crippen molar-refractivity contribution in [2.45, 2.75) is 11.8 Å². The van der Waals surface area contributed by atoms with Crippen LogP contribution in [0.3, 0.4) is 0 Å². The van der Waals surface area contributed by atoms with Gasteiger partial charge in [0.1, 0.15) is 0 Å². The van der Waals surface area contributed by atoms with Crippen molar-refractivity contribution in [3.63, 3.8) is 0 Å². The number of hydrogen-bond acceptors (Lipinski definition) is 2. The maximum absolute atomic E-state index is 14.9. The minimum absolute atomic E-state index is 0.137. The number of thioether (sulfide) groups is 1. The molecule has 0 radical (unpaired) electrons. The molecule has 0 N–H and O–H groups in total. The summed E-state index contributed by atoms with van der Waals surface area (Å²) in [5.41, 5.74) is -4.26. The van der Waals surface area contributed by atoms with Gasteiger partial charge in [-0.2, -0.15) is 0 Å². The predicted octanol–water partition coefficient (Wildman–Crippen LogP) is 8.58. The van der Waals surface area contributed by atoms with Crippen LogP contribution in [0.1, 0.15) is 6.92 Å². The lowest BCUT2D eigenvalue weighted by atomic mass is 9.91. The molecule has 4 aromatic rings. The van der Waals surface area contributed by atoms with Crippen molar-refractivity contribution < 1.29 is 44.3 Å². The average Bonchev–Trinajstić information content (AvgIpc) is 2.88. The molecule has 0 aliphatic carbocycles. The number of halogens is 9. The van der Waals surface area contributed by atoms with Crippen molar-refractivity contribution in [1.82, 2.24) is 0 Å². The molecule has 0 saturated carbocycles. The maximum Gasteiger partial charge on any atom is 0.200 e. The van der Waals surface area contributed by atoms with Crippen molar-refractivity contribution >= 4 is 16.9 Å². The van der Waals surface area contributed by atoms with E-state index in [9.17, 15) is 44.3 Å².